The van der Waals surface area contributed by atoms with E-state index in [0.29, 0.717) is 22.1 Å². The van der Waals surface area contributed by atoms with Gasteiger partial charge in [-0.05, 0) is 30.7 Å². The number of anilines is 1. The highest BCUT2D eigenvalue weighted by Gasteiger charge is 2.47. The Balaban J connectivity index is 1.75. The van der Waals surface area contributed by atoms with Crippen LogP contribution in [0.2, 0.25) is 0 Å². The zero-order valence-electron chi connectivity index (χ0n) is 17.4. The second-order valence-electron chi connectivity index (χ2n) is 8.27. The van der Waals surface area contributed by atoms with Crippen LogP contribution in [0, 0.1) is 6.92 Å². The number of allylic oxidation sites excluding steroid dienone is 2. The molecule has 0 saturated heterocycles. The van der Waals surface area contributed by atoms with Gasteiger partial charge in [0.2, 0.25) is 0 Å². The zero-order chi connectivity index (χ0) is 21.3. The van der Waals surface area contributed by atoms with E-state index in [2.05, 4.69) is 30.0 Å². The van der Waals surface area contributed by atoms with Gasteiger partial charge in [-0.2, -0.15) is 5.10 Å². The summed E-state index contributed by atoms with van der Waals surface area (Å²) >= 11 is 0. The summed E-state index contributed by atoms with van der Waals surface area (Å²) in [6.45, 7) is 5.94. The lowest BCUT2D eigenvalue weighted by Crippen LogP contribution is -2.27. The predicted molar refractivity (Wildman–Crippen MR) is 121 cm³/mol. The van der Waals surface area contributed by atoms with Gasteiger partial charge in [0, 0.05) is 30.1 Å². The summed E-state index contributed by atoms with van der Waals surface area (Å²) in [6.07, 6.45) is 1.56. The number of rotatable bonds is 1. The highest BCUT2D eigenvalue weighted by molar-refractivity contribution is 7.71. The highest BCUT2D eigenvalue weighted by Crippen LogP contribution is 2.59. The molecule has 0 saturated carbocycles. The molecule has 152 valence electrons. The maximum atomic E-state index is 14.0. The molecule has 1 unspecified atom stereocenters. The molecule has 1 aromatic heterocycles. The number of hydrogen-bond donors (Lipinski definition) is 1. The molecule has 0 fully saturated rings. The topological polar surface area (TPSA) is 70.7 Å². The van der Waals surface area contributed by atoms with Crippen LogP contribution in [0.3, 0.4) is 0 Å². The molecule has 2 aromatic carbocycles. The number of hydrogen-bond acceptors (Lipinski definition) is 4. The SMILES string of the molecule is Cc1nn(-c2ccccc2)c2c1P(=O)(O)/C(=C1\N(C)c3ccccc3C1(C)C)C=N2. The van der Waals surface area contributed by atoms with Crippen molar-refractivity contribution in [2.24, 2.45) is 4.99 Å². The molecule has 3 aromatic rings. The number of nitrogens with zero attached hydrogens (tertiary/aromatic N) is 4. The van der Waals surface area contributed by atoms with Crippen LogP contribution in [0.1, 0.15) is 25.1 Å². The molecule has 30 heavy (non-hydrogen) atoms. The van der Waals surface area contributed by atoms with E-state index in [9.17, 15) is 9.46 Å². The highest BCUT2D eigenvalue weighted by atomic mass is 31.2. The van der Waals surface area contributed by atoms with Crippen LogP contribution in [-0.4, -0.2) is 27.9 Å². The molecule has 7 heteroatoms. The van der Waals surface area contributed by atoms with Gasteiger partial charge in [0.25, 0.3) is 7.37 Å². The van der Waals surface area contributed by atoms with Crippen molar-refractivity contribution in [3.05, 3.63) is 76.9 Å². The van der Waals surface area contributed by atoms with Crippen LogP contribution in [-0.2, 0) is 9.98 Å². The molecule has 2 aliphatic rings. The molecule has 5 rings (SSSR count). The smallest absolute Gasteiger partial charge is 0.267 e. The monoisotopic (exact) mass is 418 g/mol. The van der Waals surface area contributed by atoms with Crippen LogP contribution < -0.4 is 10.2 Å². The average molecular weight is 418 g/mol. The van der Waals surface area contributed by atoms with Gasteiger partial charge < -0.3 is 9.79 Å². The average Bonchev–Trinajstić information content (AvgIpc) is 3.16. The predicted octanol–water partition coefficient (Wildman–Crippen LogP) is 4.43. The van der Waals surface area contributed by atoms with Crippen LogP contribution in [0.4, 0.5) is 11.5 Å². The van der Waals surface area contributed by atoms with Crippen LogP contribution in [0.15, 0.2) is 70.6 Å². The van der Waals surface area contributed by atoms with Gasteiger partial charge in [0.1, 0.15) is 5.30 Å². The normalized spacial score (nSPS) is 24.1. The maximum absolute atomic E-state index is 14.0. The summed E-state index contributed by atoms with van der Waals surface area (Å²) in [5.74, 6) is 0.421. The van der Waals surface area contributed by atoms with Gasteiger partial charge in [-0.15, -0.1) is 0 Å². The molecule has 1 N–H and O–H groups in total. The van der Waals surface area contributed by atoms with E-state index in [4.69, 9.17) is 0 Å². The summed E-state index contributed by atoms with van der Waals surface area (Å²) in [5, 5.41) is 5.23. The Hall–Kier alpha value is -2.95. The van der Waals surface area contributed by atoms with Crippen molar-refractivity contribution in [3.8, 4) is 5.69 Å². The number of benzene rings is 2. The summed E-state index contributed by atoms with van der Waals surface area (Å²) in [7, 11) is -1.97. The van der Waals surface area contributed by atoms with Crippen molar-refractivity contribution in [2.75, 3.05) is 11.9 Å². The second kappa shape index (κ2) is 6.27. The van der Waals surface area contributed by atoms with Gasteiger partial charge in [-0.1, -0.05) is 50.2 Å². The fraction of sp³-hybridized carbons (Fsp3) is 0.217. The minimum atomic E-state index is -3.91. The van der Waals surface area contributed by atoms with Crippen molar-refractivity contribution in [2.45, 2.75) is 26.2 Å². The van der Waals surface area contributed by atoms with Crippen molar-refractivity contribution < 1.29 is 9.46 Å². The number of para-hydroxylation sites is 2. The van der Waals surface area contributed by atoms with Crippen LogP contribution >= 0.6 is 7.37 Å². The molecular formula is C23H23N4O2P. The molecule has 0 bridgehead atoms. The summed E-state index contributed by atoms with van der Waals surface area (Å²) in [6, 6.07) is 17.6. The first kappa shape index (κ1) is 19.0. The standard InChI is InChI=1S/C23H23N4O2P/c1-15-20-22(27(25-15)16-10-6-5-7-11-16)24-14-19(30(20,28)29)21-23(2,3)17-12-8-9-13-18(17)26(21)4/h5-14H,1-4H3,(H,28,29)/b21-19-. The molecular weight excluding hydrogens is 395 g/mol. The summed E-state index contributed by atoms with van der Waals surface area (Å²) in [4.78, 5) is 18.1. The van der Waals surface area contributed by atoms with Crippen molar-refractivity contribution in [3.63, 3.8) is 0 Å². The van der Waals surface area contributed by atoms with Gasteiger partial charge in [0.05, 0.1) is 16.7 Å². The first-order valence-corrected chi connectivity index (χ1v) is 11.5. The van der Waals surface area contributed by atoms with Gasteiger partial charge >= 0.3 is 0 Å². The quantitative estimate of drug-likeness (QED) is 0.594. The fourth-order valence-corrected chi connectivity index (χ4v) is 6.78. The molecule has 3 heterocycles. The molecule has 0 radical (unpaired) electrons. The van der Waals surface area contributed by atoms with Crippen molar-refractivity contribution in [1.82, 2.24) is 9.78 Å². The van der Waals surface area contributed by atoms with Crippen LogP contribution in [0.5, 0.6) is 0 Å². The van der Waals surface area contributed by atoms with Crippen molar-refractivity contribution >= 4 is 30.4 Å². The molecule has 0 spiro atoms. The summed E-state index contributed by atoms with van der Waals surface area (Å²) < 4.78 is 15.6. The Bertz CT molecular complexity index is 1290. The molecule has 2 aliphatic heterocycles. The molecule has 0 amide bonds. The number of aromatic nitrogens is 2. The summed E-state index contributed by atoms with van der Waals surface area (Å²) in [5.41, 5.74) is 3.88. The van der Waals surface area contributed by atoms with E-state index in [0.717, 1.165) is 22.6 Å². The lowest BCUT2D eigenvalue weighted by atomic mass is 9.84. The van der Waals surface area contributed by atoms with Gasteiger partial charge in [0.15, 0.2) is 5.82 Å². The van der Waals surface area contributed by atoms with Crippen molar-refractivity contribution in [1.29, 1.82) is 0 Å². The minimum absolute atomic E-state index is 0.316. The van der Waals surface area contributed by atoms with Gasteiger partial charge in [-0.25, -0.2) is 9.67 Å². The van der Waals surface area contributed by atoms with Crippen LogP contribution in [0.25, 0.3) is 5.69 Å². The molecule has 0 aliphatic carbocycles. The fourth-order valence-electron chi connectivity index (χ4n) is 4.71. The Morgan fingerprint density at radius 3 is 2.40 bits per heavy atom. The number of aryl methyl sites for hydroxylation is 1. The number of likely N-dealkylation sites (N-methyl/N-ethyl adjacent to an activating group) is 1. The van der Waals surface area contributed by atoms with E-state index in [1.165, 1.54) is 0 Å². The third-order valence-corrected chi connectivity index (χ3v) is 8.16. The Kier molecular flexibility index (Phi) is 3.98. The molecule has 6 nitrogen and oxygen atoms in total. The first-order valence-electron chi connectivity index (χ1n) is 9.85. The molecule has 1 atom stereocenters. The maximum Gasteiger partial charge on any atom is 0.267 e. The number of fused-ring (bicyclic) bond motifs is 2. The lowest BCUT2D eigenvalue weighted by Gasteiger charge is -2.29. The zero-order valence-corrected chi connectivity index (χ0v) is 18.3. The Morgan fingerprint density at radius 2 is 1.70 bits per heavy atom. The second-order valence-corrected chi connectivity index (χ2v) is 10.4. The third-order valence-electron chi connectivity index (χ3n) is 6.05. The van der Waals surface area contributed by atoms with E-state index >= 15 is 0 Å². The Morgan fingerprint density at radius 1 is 1.03 bits per heavy atom. The van der Waals surface area contributed by atoms with E-state index in [-0.39, 0.29) is 0 Å². The van der Waals surface area contributed by atoms with E-state index in [1.54, 1.807) is 17.8 Å². The minimum Gasteiger partial charge on any atom is -0.346 e. The van der Waals surface area contributed by atoms with Gasteiger partial charge in [-0.3, -0.25) is 4.57 Å². The lowest BCUT2D eigenvalue weighted by molar-refractivity contribution is 0.496. The first-order chi connectivity index (χ1) is 14.2. The van der Waals surface area contributed by atoms with E-state index < -0.39 is 12.8 Å². The number of aliphatic imine (C=N–C) groups is 1. The Labute approximate surface area is 175 Å². The largest absolute Gasteiger partial charge is 0.346 e. The third kappa shape index (κ3) is 2.44. The van der Waals surface area contributed by atoms with E-state index in [1.807, 2.05) is 60.5 Å².